The number of carboxylic acid groups (broad SMARTS) is 1. The highest BCUT2D eigenvalue weighted by molar-refractivity contribution is 5.92. The molecule has 3 aromatic rings. The lowest BCUT2D eigenvalue weighted by molar-refractivity contribution is 0.0692. The molecule has 2 heterocycles. The molecule has 0 aliphatic rings. The van der Waals surface area contributed by atoms with Gasteiger partial charge in [0, 0.05) is 6.20 Å². The molecule has 0 saturated heterocycles. The average Bonchev–Trinajstić information content (AvgIpc) is 2.94. The molecule has 1 N–H and O–H groups in total. The Bertz CT molecular complexity index is 957. The summed E-state index contributed by atoms with van der Waals surface area (Å²) in [5, 5.41) is 18.0. The Labute approximate surface area is 139 Å². The van der Waals surface area contributed by atoms with Gasteiger partial charge in [0.15, 0.2) is 11.5 Å². The van der Waals surface area contributed by atoms with Crippen molar-refractivity contribution in [3.8, 4) is 0 Å². The number of aromatic nitrogens is 2. The van der Waals surface area contributed by atoms with Crippen molar-refractivity contribution in [2.75, 3.05) is 0 Å². The van der Waals surface area contributed by atoms with Crippen LogP contribution in [0.5, 0.6) is 0 Å². The summed E-state index contributed by atoms with van der Waals surface area (Å²) in [6, 6.07) is 9.65. The van der Waals surface area contributed by atoms with Gasteiger partial charge in [-0.3, -0.25) is 4.40 Å². The van der Waals surface area contributed by atoms with Crippen LogP contribution in [0.2, 0.25) is 0 Å². The second kappa shape index (κ2) is 6.23. The predicted octanol–water partition coefficient (Wildman–Crippen LogP) is 4.63. The molecule has 24 heavy (non-hydrogen) atoms. The number of aromatic carboxylic acids is 1. The highest BCUT2D eigenvalue weighted by Gasteiger charge is 2.19. The molecule has 6 nitrogen and oxygen atoms in total. The molecular weight excluding hydrogens is 304 g/mol. The molecule has 1 aromatic carbocycles. The minimum atomic E-state index is -1.12. The molecule has 0 radical (unpaired) electrons. The minimum Gasteiger partial charge on any atom is -0.476 e. The molecule has 0 saturated carbocycles. The average molecular weight is 322 g/mol. The van der Waals surface area contributed by atoms with E-state index in [1.165, 1.54) is 0 Å². The van der Waals surface area contributed by atoms with Crippen molar-refractivity contribution in [1.29, 1.82) is 0 Å². The van der Waals surface area contributed by atoms with Gasteiger partial charge in [-0.25, -0.2) is 9.78 Å². The van der Waals surface area contributed by atoms with Crippen LogP contribution >= 0.6 is 0 Å². The van der Waals surface area contributed by atoms with Gasteiger partial charge in [0.25, 0.3) is 0 Å². The molecule has 0 amide bonds. The number of benzene rings is 1. The fraction of sp³-hybridized carbons (Fsp3) is 0.222. The van der Waals surface area contributed by atoms with Gasteiger partial charge in [-0.2, -0.15) is 0 Å². The van der Waals surface area contributed by atoms with Gasteiger partial charge in [0.05, 0.1) is 5.69 Å². The summed E-state index contributed by atoms with van der Waals surface area (Å²) in [6.07, 6.45) is 2.57. The van der Waals surface area contributed by atoms with Gasteiger partial charge in [-0.05, 0) is 43.0 Å². The fourth-order valence-corrected chi connectivity index (χ4v) is 2.68. The second-order valence-electron chi connectivity index (χ2n) is 5.61. The highest BCUT2D eigenvalue weighted by Crippen LogP contribution is 2.29. The number of carbonyl (C=O) groups is 1. The zero-order chi connectivity index (χ0) is 17.3. The Hall–Kier alpha value is -3.02. The van der Waals surface area contributed by atoms with Crippen LogP contribution in [0.3, 0.4) is 0 Å². The normalized spacial score (nSPS) is 11.5. The van der Waals surface area contributed by atoms with E-state index >= 15 is 0 Å². The lowest BCUT2D eigenvalue weighted by Gasteiger charge is -2.05. The van der Waals surface area contributed by atoms with E-state index in [9.17, 15) is 9.90 Å². The fourth-order valence-electron chi connectivity index (χ4n) is 2.68. The van der Waals surface area contributed by atoms with E-state index in [4.69, 9.17) is 0 Å². The Morgan fingerprint density at radius 2 is 1.92 bits per heavy atom. The predicted molar refractivity (Wildman–Crippen MR) is 91.6 cm³/mol. The SMILES string of the molecule is CCc1cccc(C)c1N=Nc1c(C(=O)O)nc2c(C)cccn12. The highest BCUT2D eigenvalue weighted by atomic mass is 16.4. The molecule has 3 rings (SSSR count). The number of imidazole rings is 1. The molecule has 0 aliphatic heterocycles. The van der Waals surface area contributed by atoms with Gasteiger partial charge in [0.2, 0.25) is 0 Å². The number of hydrogen-bond acceptors (Lipinski definition) is 4. The standard InChI is InChI=1S/C18H18N4O2/c1-4-13-9-5-7-11(2)14(13)20-21-17-15(18(23)24)19-16-12(3)8-6-10-22(16)17/h5-10H,4H2,1-3H3,(H,23,24). The molecule has 2 aromatic heterocycles. The van der Waals surface area contributed by atoms with Crippen LogP contribution in [0.25, 0.3) is 5.65 Å². The van der Waals surface area contributed by atoms with Gasteiger partial charge >= 0.3 is 5.97 Å². The van der Waals surface area contributed by atoms with Crippen molar-refractivity contribution in [1.82, 2.24) is 9.38 Å². The quantitative estimate of drug-likeness (QED) is 0.711. The van der Waals surface area contributed by atoms with Crippen LogP contribution in [-0.4, -0.2) is 20.5 Å². The van der Waals surface area contributed by atoms with Crippen molar-refractivity contribution in [2.24, 2.45) is 10.2 Å². The Morgan fingerprint density at radius 3 is 2.62 bits per heavy atom. The zero-order valence-corrected chi connectivity index (χ0v) is 13.8. The zero-order valence-electron chi connectivity index (χ0n) is 13.8. The molecule has 122 valence electrons. The van der Waals surface area contributed by atoms with Crippen LogP contribution in [0, 0.1) is 13.8 Å². The summed E-state index contributed by atoms with van der Waals surface area (Å²) in [6.45, 7) is 5.89. The third kappa shape index (κ3) is 2.67. The second-order valence-corrected chi connectivity index (χ2v) is 5.61. The summed E-state index contributed by atoms with van der Waals surface area (Å²) in [4.78, 5) is 15.7. The number of hydrogen-bond donors (Lipinski definition) is 1. The lowest BCUT2D eigenvalue weighted by Crippen LogP contribution is -1.96. The van der Waals surface area contributed by atoms with Crippen LogP contribution in [0.4, 0.5) is 11.5 Å². The van der Waals surface area contributed by atoms with E-state index in [0.29, 0.717) is 5.65 Å². The molecule has 6 heteroatoms. The number of fused-ring (bicyclic) bond motifs is 1. The lowest BCUT2D eigenvalue weighted by atomic mass is 10.1. The molecule has 0 atom stereocenters. The minimum absolute atomic E-state index is 0.0975. The third-order valence-electron chi connectivity index (χ3n) is 3.97. The molecule has 0 fully saturated rings. The van der Waals surface area contributed by atoms with Gasteiger partial charge in [-0.15, -0.1) is 10.2 Å². The van der Waals surface area contributed by atoms with E-state index < -0.39 is 5.97 Å². The van der Waals surface area contributed by atoms with Gasteiger partial charge < -0.3 is 5.11 Å². The van der Waals surface area contributed by atoms with E-state index in [1.807, 2.05) is 51.1 Å². The molecule has 0 aliphatic carbocycles. The molecule has 0 unspecified atom stereocenters. The number of rotatable bonds is 4. The van der Waals surface area contributed by atoms with Crippen LogP contribution < -0.4 is 0 Å². The van der Waals surface area contributed by atoms with Gasteiger partial charge in [-0.1, -0.05) is 31.2 Å². The number of nitrogens with zero attached hydrogens (tertiary/aromatic N) is 4. The first kappa shape index (κ1) is 15.9. The van der Waals surface area contributed by atoms with E-state index in [2.05, 4.69) is 15.2 Å². The van der Waals surface area contributed by atoms with E-state index in [0.717, 1.165) is 28.8 Å². The number of carboxylic acids is 1. The number of aryl methyl sites for hydroxylation is 3. The van der Waals surface area contributed by atoms with Crippen molar-refractivity contribution < 1.29 is 9.90 Å². The Balaban J connectivity index is 2.19. The maximum Gasteiger partial charge on any atom is 0.358 e. The van der Waals surface area contributed by atoms with Crippen LogP contribution in [0.1, 0.15) is 34.1 Å². The summed E-state index contributed by atoms with van der Waals surface area (Å²) in [5.74, 6) is -0.890. The van der Waals surface area contributed by atoms with Crippen molar-refractivity contribution >= 4 is 23.1 Å². The largest absolute Gasteiger partial charge is 0.476 e. The van der Waals surface area contributed by atoms with Crippen molar-refractivity contribution in [2.45, 2.75) is 27.2 Å². The summed E-state index contributed by atoms with van der Waals surface area (Å²) in [7, 11) is 0. The smallest absolute Gasteiger partial charge is 0.358 e. The van der Waals surface area contributed by atoms with E-state index in [-0.39, 0.29) is 11.5 Å². The molecular formula is C18H18N4O2. The van der Waals surface area contributed by atoms with E-state index in [1.54, 1.807) is 10.6 Å². The monoisotopic (exact) mass is 322 g/mol. The molecule has 0 bridgehead atoms. The maximum atomic E-state index is 11.5. The first-order chi connectivity index (χ1) is 11.5. The molecule has 0 spiro atoms. The number of pyridine rings is 1. The Kier molecular flexibility index (Phi) is 4.12. The first-order valence-electron chi connectivity index (χ1n) is 7.74. The van der Waals surface area contributed by atoms with Crippen LogP contribution in [0.15, 0.2) is 46.8 Å². The summed E-state index contributed by atoms with van der Waals surface area (Å²) in [5.41, 5.74) is 4.20. The van der Waals surface area contributed by atoms with Crippen LogP contribution in [-0.2, 0) is 6.42 Å². The van der Waals surface area contributed by atoms with Gasteiger partial charge in [0.1, 0.15) is 5.65 Å². The number of azo groups is 1. The third-order valence-corrected chi connectivity index (χ3v) is 3.97. The topological polar surface area (TPSA) is 79.3 Å². The summed E-state index contributed by atoms with van der Waals surface area (Å²) < 4.78 is 1.66. The maximum absolute atomic E-state index is 11.5. The van der Waals surface area contributed by atoms with Crippen molar-refractivity contribution in [3.63, 3.8) is 0 Å². The first-order valence-corrected chi connectivity index (χ1v) is 7.74. The Morgan fingerprint density at radius 1 is 1.17 bits per heavy atom. The summed E-state index contributed by atoms with van der Waals surface area (Å²) >= 11 is 0. The van der Waals surface area contributed by atoms with Crippen molar-refractivity contribution in [3.05, 3.63) is 58.9 Å².